The normalized spacial score (nSPS) is 15.1. The topological polar surface area (TPSA) is 149 Å². The standard InChI is InChI=1S/C20H31N2O9P/c1-14(19(26)29-5)22-32(27,31-15-9-7-6-8-10-15)30-13-20(2,3)17(24)18(25)21-12-11-16(23)28-4/h6-10,14,17,24H,11-13H2,1-5H3,(H,21,25)(H,22,27)/t14-,17-,32-/m0/s1. The first-order valence-electron chi connectivity index (χ1n) is 9.81. The maximum atomic E-state index is 13.3. The van der Waals surface area contributed by atoms with Crippen LogP contribution in [-0.4, -0.2) is 62.5 Å². The molecule has 0 heterocycles. The molecule has 1 amide bonds. The Kier molecular flexibility index (Phi) is 10.8. The van der Waals surface area contributed by atoms with Crippen LogP contribution in [0, 0.1) is 5.41 Å². The lowest BCUT2D eigenvalue weighted by atomic mass is 9.87. The second-order valence-electron chi connectivity index (χ2n) is 7.56. The van der Waals surface area contributed by atoms with Gasteiger partial charge in [-0.1, -0.05) is 32.0 Å². The predicted octanol–water partition coefficient (Wildman–Crippen LogP) is 1.41. The lowest BCUT2D eigenvalue weighted by Crippen LogP contribution is -2.46. The average Bonchev–Trinajstić information content (AvgIpc) is 2.77. The van der Waals surface area contributed by atoms with E-state index in [2.05, 4.69) is 19.9 Å². The van der Waals surface area contributed by atoms with Crippen molar-refractivity contribution in [1.82, 2.24) is 10.4 Å². The molecule has 0 unspecified atom stereocenters. The van der Waals surface area contributed by atoms with E-state index in [4.69, 9.17) is 9.05 Å². The van der Waals surface area contributed by atoms with Crippen molar-refractivity contribution in [3.8, 4) is 5.75 Å². The van der Waals surface area contributed by atoms with Gasteiger partial charge >= 0.3 is 19.7 Å². The van der Waals surface area contributed by atoms with Gasteiger partial charge in [-0.15, -0.1) is 0 Å². The Morgan fingerprint density at radius 1 is 1.12 bits per heavy atom. The van der Waals surface area contributed by atoms with E-state index in [0.29, 0.717) is 0 Å². The highest BCUT2D eigenvalue weighted by atomic mass is 31.2. The van der Waals surface area contributed by atoms with Gasteiger partial charge in [-0.25, -0.2) is 4.57 Å². The Bertz CT molecular complexity index is 817. The lowest BCUT2D eigenvalue weighted by molar-refractivity contribution is -0.142. The Balaban J connectivity index is 2.86. The van der Waals surface area contributed by atoms with Crippen molar-refractivity contribution in [1.29, 1.82) is 0 Å². The van der Waals surface area contributed by atoms with E-state index in [1.807, 2.05) is 0 Å². The summed E-state index contributed by atoms with van der Waals surface area (Å²) in [6.07, 6.45) is -1.61. The number of para-hydroxylation sites is 1. The Hall–Kier alpha value is -2.46. The van der Waals surface area contributed by atoms with Crippen LogP contribution in [0.15, 0.2) is 30.3 Å². The van der Waals surface area contributed by atoms with E-state index >= 15 is 0 Å². The van der Waals surface area contributed by atoms with Gasteiger partial charge in [0, 0.05) is 12.0 Å². The second kappa shape index (κ2) is 12.5. The van der Waals surface area contributed by atoms with Crippen LogP contribution >= 0.6 is 7.75 Å². The number of aliphatic hydroxyl groups is 1. The fourth-order valence-corrected chi connectivity index (χ4v) is 4.01. The summed E-state index contributed by atoms with van der Waals surface area (Å²) in [5, 5.41) is 15.3. The molecule has 3 atom stereocenters. The van der Waals surface area contributed by atoms with Crippen LogP contribution in [0.2, 0.25) is 0 Å². The van der Waals surface area contributed by atoms with Crippen LogP contribution in [0.4, 0.5) is 0 Å². The zero-order valence-electron chi connectivity index (χ0n) is 18.8. The van der Waals surface area contributed by atoms with Gasteiger partial charge in [0.15, 0.2) is 0 Å². The number of ether oxygens (including phenoxy) is 2. The molecule has 11 nitrogen and oxygen atoms in total. The first kappa shape index (κ1) is 27.6. The van der Waals surface area contributed by atoms with Gasteiger partial charge in [-0.2, -0.15) is 5.09 Å². The maximum Gasteiger partial charge on any atom is 0.459 e. The smallest absolute Gasteiger partial charge is 0.459 e. The molecule has 0 radical (unpaired) electrons. The number of methoxy groups -OCH3 is 2. The second-order valence-corrected chi connectivity index (χ2v) is 9.25. The lowest BCUT2D eigenvalue weighted by Gasteiger charge is -2.31. The summed E-state index contributed by atoms with van der Waals surface area (Å²) in [7, 11) is -1.71. The molecule has 0 aromatic heterocycles. The zero-order valence-corrected chi connectivity index (χ0v) is 19.7. The molecule has 0 bridgehead atoms. The van der Waals surface area contributed by atoms with E-state index in [1.54, 1.807) is 30.3 Å². The minimum absolute atomic E-state index is 0.0205. The van der Waals surface area contributed by atoms with Crippen LogP contribution in [0.1, 0.15) is 27.2 Å². The molecule has 0 fully saturated rings. The third kappa shape index (κ3) is 8.96. The fraction of sp³-hybridized carbons (Fsp3) is 0.550. The Labute approximate surface area is 187 Å². The van der Waals surface area contributed by atoms with Crippen LogP contribution in [0.3, 0.4) is 0 Å². The number of hydrogen-bond acceptors (Lipinski definition) is 9. The van der Waals surface area contributed by atoms with Gasteiger partial charge in [-0.3, -0.25) is 18.9 Å². The number of carbonyl (C=O) groups excluding carboxylic acids is 3. The van der Waals surface area contributed by atoms with Gasteiger partial charge in [-0.05, 0) is 19.1 Å². The zero-order chi connectivity index (χ0) is 24.4. The molecule has 1 aromatic carbocycles. The SMILES string of the molecule is COC(=O)CCNC(=O)[C@H](O)C(C)(C)CO[P@@](=O)(N[C@@H](C)C(=O)OC)Oc1ccccc1. The van der Waals surface area contributed by atoms with E-state index in [0.717, 1.165) is 0 Å². The molecular weight excluding hydrogens is 443 g/mol. The molecule has 0 aliphatic rings. The molecule has 180 valence electrons. The van der Waals surface area contributed by atoms with Crippen LogP contribution in [0.25, 0.3) is 0 Å². The van der Waals surface area contributed by atoms with Gasteiger partial charge in [0.2, 0.25) is 5.91 Å². The molecule has 1 aromatic rings. The van der Waals surface area contributed by atoms with Crippen LogP contribution in [0.5, 0.6) is 5.75 Å². The molecule has 0 saturated carbocycles. The number of aliphatic hydroxyl groups excluding tert-OH is 1. The third-order valence-corrected chi connectivity index (χ3v) is 5.95. The van der Waals surface area contributed by atoms with Crippen molar-refractivity contribution in [2.75, 3.05) is 27.4 Å². The van der Waals surface area contributed by atoms with Crippen molar-refractivity contribution in [3.63, 3.8) is 0 Å². The van der Waals surface area contributed by atoms with E-state index in [-0.39, 0.29) is 25.3 Å². The average molecular weight is 474 g/mol. The summed E-state index contributed by atoms with van der Waals surface area (Å²) in [5.74, 6) is -1.71. The minimum Gasteiger partial charge on any atom is -0.469 e. The van der Waals surface area contributed by atoms with E-state index in [1.165, 1.54) is 35.0 Å². The Morgan fingerprint density at radius 3 is 2.31 bits per heavy atom. The van der Waals surface area contributed by atoms with Crippen LogP contribution in [-0.2, 0) is 32.9 Å². The molecule has 12 heteroatoms. The predicted molar refractivity (Wildman–Crippen MR) is 115 cm³/mol. The molecule has 1 rings (SSSR count). The maximum absolute atomic E-state index is 13.3. The number of benzene rings is 1. The highest BCUT2D eigenvalue weighted by Gasteiger charge is 2.39. The summed E-state index contributed by atoms with van der Waals surface area (Å²) in [4.78, 5) is 35.1. The van der Waals surface area contributed by atoms with Gasteiger partial charge in [0.1, 0.15) is 17.9 Å². The summed E-state index contributed by atoms with van der Waals surface area (Å²) >= 11 is 0. The first-order chi connectivity index (χ1) is 14.9. The molecule has 0 spiro atoms. The van der Waals surface area contributed by atoms with Gasteiger partial charge in [0.25, 0.3) is 0 Å². The highest BCUT2D eigenvalue weighted by molar-refractivity contribution is 7.52. The molecule has 32 heavy (non-hydrogen) atoms. The molecule has 3 N–H and O–H groups in total. The number of esters is 2. The van der Waals surface area contributed by atoms with Crippen molar-refractivity contribution in [2.24, 2.45) is 5.41 Å². The first-order valence-corrected chi connectivity index (χ1v) is 11.4. The van der Waals surface area contributed by atoms with Crippen molar-refractivity contribution >= 4 is 25.6 Å². The number of carbonyl (C=O) groups is 3. The third-order valence-electron chi connectivity index (χ3n) is 4.33. The fourth-order valence-electron chi connectivity index (χ4n) is 2.35. The summed E-state index contributed by atoms with van der Waals surface area (Å²) in [6, 6.07) is 7.14. The molecule has 0 saturated heterocycles. The van der Waals surface area contributed by atoms with Gasteiger partial charge in [0.05, 0.1) is 27.2 Å². The van der Waals surface area contributed by atoms with Crippen molar-refractivity contribution < 1.29 is 42.6 Å². The summed E-state index contributed by atoms with van der Waals surface area (Å²) in [5.41, 5.74) is -1.21. The number of nitrogens with one attached hydrogen (secondary N) is 2. The number of rotatable bonds is 13. The largest absolute Gasteiger partial charge is 0.469 e. The highest BCUT2D eigenvalue weighted by Crippen LogP contribution is 2.46. The minimum atomic E-state index is -4.12. The van der Waals surface area contributed by atoms with E-state index < -0.39 is 43.2 Å². The van der Waals surface area contributed by atoms with Crippen LogP contribution < -0.4 is 14.9 Å². The van der Waals surface area contributed by atoms with Crippen molar-refractivity contribution in [3.05, 3.63) is 30.3 Å². The number of amides is 1. The number of hydrogen-bond donors (Lipinski definition) is 3. The summed E-state index contributed by atoms with van der Waals surface area (Å²) in [6.45, 7) is 4.07. The summed E-state index contributed by atoms with van der Waals surface area (Å²) < 4.78 is 33.4. The quantitative estimate of drug-likeness (QED) is 0.283. The van der Waals surface area contributed by atoms with E-state index in [9.17, 15) is 24.1 Å². The molecule has 0 aliphatic heterocycles. The molecular formula is C20H31N2O9P. The molecule has 0 aliphatic carbocycles. The van der Waals surface area contributed by atoms with Crippen molar-refractivity contribution in [2.45, 2.75) is 39.3 Å². The Morgan fingerprint density at radius 2 is 1.75 bits per heavy atom. The van der Waals surface area contributed by atoms with Gasteiger partial charge < -0.3 is 24.4 Å². The monoisotopic (exact) mass is 474 g/mol.